The van der Waals surface area contributed by atoms with Gasteiger partial charge in [-0.1, -0.05) is 0 Å². The molecule has 1 aliphatic heterocycles. The average Bonchev–Trinajstić information content (AvgIpc) is 2.90. The van der Waals surface area contributed by atoms with E-state index in [1.165, 1.54) is 0 Å². The number of hydrogen-bond donors (Lipinski definition) is 1. The molecule has 2 N–H and O–H groups in total. The van der Waals surface area contributed by atoms with Gasteiger partial charge in [0.2, 0.25) is 0 Å². The van der Waals surface area contributed by atoms with Crippen LogP contribution in [-0.2, 0) is 4.74 Å². The largest absolute Gasteiger partial charge is 0.399 e. The SMILES string of the molecule is Cc1cc(-c2nnnn2C2CCOC(C)(C)C2)ccc1N. The Morgan fingerprint density at radius 3 is 2.90 bits per heavy atom. The summed E-state index contributed by atoms with van der Waals surface area (Å²) >= 11 is 0. The molecule has 1 atom stereocenters. The van der Waals surface area contributed by atoms with E-state index in [0.717, 1.165) is 42.1 Å². The fraction of sp³-hybridized carbons (Fsp3) is 0.533. The highest BCUT2D eigenvalue weighted by atomic mass is 16.5. The van der Waals surface area contributed by atoms with Crippen LogP contribution in [0.2, 0.25) is 0 Å². The molecule has 3 rings (SSSR count). The zero-order valence-electron chi connectivity index (χ0n) is 12.7. The summed E-state index contributed by atoms with van der Waals surface area (Å²) in [5.74, 6) is 0.792. The maximum absolute atomic E-state index is 5.88. The summed E-state index contributed by atoms with van der Waals surface area (Å²) in [5.41, 5.74) is 8.56. The molecule has 0 spiro atoms. The van der Waals surface area contributed by atoms with Crippen molar-refractivity contribution in [2.24, 2.45) is 0 Å². The van der Waals surface area contributed by atoms with Crippen LogP contribution in [0.3, 0.4) is 0 Å². The second-order valence-corrected chi connectivity index (χ2v) is 6.27. The van der Waals surface area contributed by atoms with Crippen LogP contribution in [0.25, 0.3) is 11.4 Å². The van der Waals surface area contributed by atoms with E-state index in [1.54, 1.807) is 0 Å². The van der Waals surface area contributed by atoms with E-state index in [2.05, 4.69) is 29.4 Å². The van der Waals surface area contributed by atoms with Gasteiger partial charge in [0.15, 0.2) is 5.82 Å². The van der Waals surface area contributed by atoms with Gasteiger partial charge < -0.3 is 10.5 Å². The third-order valence-corrected chi connectivity index (χ3v) is 4.04. The van der Waals surface area contributed by atoms with E-state index >= 15 is 0 Å². The lowest BCUT2D eigenvalue weighted by Crippen LogP contribution is -2.35. The Labute approximate surface area is 124 Å². The molecule has 21 heavy (non-hydrogen) atoms. The molecule has 1 saturated heterocycles. The van der Waals surface area contributed by atoms with Crippen molar-refractivity contribution in [3.8, 4) is 11.4 Å². The smallest absolute Gasteiger partial charge is 0.182 e. The zero-order chi connectivity index (χ0) is 15.0. The predicted octanol–water partition coefficient (Wildman–Crippen LogP) is 2.36. The Balaban J connectivity index is 1.95. The molecule has 2 heterocycles. The van der Waals surface area contributed by atoms with Crippen LogP contribution in [0.1, 0.15) is 38.3 Å². The lowest BCUT2D eigenvalue weighted by Gasteiger charge is -2.35. The van der Waals surface area contributed by atoms with Crippen molar-refractivity contribution in [2.45, 2.75) is 45.3 Å². The summed E-state index contributed by atoms with van der Waals surface area (Å²) in [4.78, 5) is 0. The number of anilines is 1. The predicted molar refractivity (Wildman–Crippen MR) is 80.7 cm³/mol. The van der Waals surface area contributed by atoms with Crippen LogP contribution in [0.4, 0.5) is 5.69 Å². The maximum Gasteiger partial charge on any atom is 0.182 e. The Kier molecular flexibility index (Phi) is 3.41. The summed E-state index contributed by atoms with van der Waals surface area (Å²) in [7, 11) is 0. The molecular weight excluding hydrogens is 266 g/mol. The lowest BCUT2D eigenvalue weighted by atomic mass is 9.94. The minimum atomic E-state index is -0.136. The minimum Gasteiger partial charge on any atom is -0.399 e. The summed E-state index contributed by atoms with van der Waals surface area (Å²) in [6.07, 6.45) is 1.83. The molecule has 1 aromatic heterocycles. The van der Waals surface area contributed by atoms with E-state index in [4.69, 9.17) is 10.5 Å². The van der Waals surface area contributed by atoms with E-state index in [9.17, 15) is 0 Å². The van der Waals surface area contributed by atoms with Crippen molar-refractivity contribution in [1.82, 2.24) is 20.2 Å². The number of nitrogens with zero attached hydrogens (tertiary/aromatic N) is 4. The second-order valence-electron chi connectivity index (χ2n) is 6.27. The lowest BCUT2D eigenvalue weighted by molar-refractivity contribution is -0.0707. The molecule has 0 amide bonds. The first-order valence-corrected chi connectivity index (χ1v) is 7.24. The number of tetrazole rings is 1. The Morgan fingerprint density at radius 1 is 1.38 bits per heavy atom. The number of ether oxygens (including phenoxy) is 1. The van der Waals surface area contributed by atoms with E-state index in [1.807, 2.05) is 29.8 Å². The fourth-order valence-corrected chi connectivity index (χ4v) is 2.85. The molecule has 112 valence electrons. The van der Waals surface area contributed by atoms with Gasteiger partial charge in [0, 0.05) is 17.9 Å². The molecule has 2 aromatic rings. The molecule has 0 aliphatic carbocycles. The Bertz CT molecular complexity index is 649. The van der Waals surface area contributed by atoms with E-state index < -0.39 is 0 Å². The minimum absolute atomic E-state index is 0.136. The van der Waals surface area contributed by atoms with Gasteiger partial charge in [-0.3, -0.25) is 0 Å². The number of benzene rings is 1. The molecule has 1 fully saturated rings. The average molecular weight is 287 g/mol. The van der Waals surface area contributed by atoms with Gasteiger partial charge in [-0.15, -0.1) is 5.10 Å². The van der Waals surface area contributed by atoms with Gasteiger partial charge in [0.05, 0.1) is 11.6 Å². The summed E-state index contributed by atoms with van der Waals surface area (Å²) in [6, 6.07) is 6.16. The number of nitrogens with two attached hydrogens (primary N) is 1. The van der Waals surface area contributed by atoms with Gasteiger partial charge in [0.25, 0.3) is 0 Å². The molecule has 0 bridgehead atoms. The highest BCUT2D eigenvalue weighted by Crippen LogP contribution is 2.33. The summed E-state index contributed by atoms with van der Waals surface area (Å²) < 4.78 is 7.70. The first-order valence-electron chi connectivity index (χ1n) is 7.24. The molecular formula is C15H21N5O. The van der Waals surface area contributed by atoms with Gasteiger partial charge in [-0.2, -0.15) is 0 Å². The van der Waals surface area contributed by atoms with E-state index in [0.29, 0.717) is 0 Å². The monoisotopic (exact) mass is 287 g/mol. The quantitative estimate of drug-likeness (QED) is 0.858. The standard InChI is InChI=1S/C15H21N5O/c1-10-8-11(4-5-13(10)16)14-17-18-19-20(14)12-6-7-21-15(2,3)9-12/h4-5,8,12H,6-7,9,16H2,1-3H3. The number of rotatable bonds is 2. The highest BCUT2D eigenvalue weighted by Gasteiger charge is 2.32. The first kappa shape index (κ1) is 14.0. The number of aryl methyl sites for hydroxylation is 1. The molecule has 0 radical (unpaired) electrons. The van der Waals surface area contributed by atoms with Crippen molar-refractivity contribution in [3.05, 3.63) is 23.8 Å². The summed E-state index contributed by atoms with van der Waals surface area (Å²) in [5, 5.41) is 12.3. The molecule has 6 heteroatoms. The summed E-state index contributed by atoms with van der Waals surface area (Å²) in [6.45, 7) is 6.94. The topological polar surface area (TPSA) is 78.8 Å². The first-order chi connectivity index (χ1) is 9.96. The number of hydrogen-bond acceptors (Lipinski definition) is 5. The van der Waals surface area contributed by atoms with Crippen LogP contribution >= 0.6 is 0 Å². The van der Waals surface area contributed by atoms with Crippen molar-refractivity contribution in [1.29, 1.82) is 0 Å². The highest BCUT2D eigenvalue weighted by molar-refractivity contribution is 5.61. The van der Waals surface area contributed by atoms with Crippen molar-refractivity contribution >= 4 is 5.69 Å². The normalized spacial score (nSPS) is 21.4. The van der Waals surface area contributed by atoms with Crippen LogP contribution in [0.5, 0.6) is 0 Å². The van der Waals surface area contributed by atoms with Crippen LogP contribution in [0.15, 0.2) is 18.2 Å². The van der Waals surface area contributed by atoms with Gasteiger partial charge in [-0.25, -0.2) is 4.68 Å². The molecule has 6 nitrogen and oxygen atoms in total. The Hall–Kier alpha value is -1.95. The van der Waals surface area contributed by atoms with Crippen LogP contribution < -0.4 is 5.73 Å². The molecule has 1 aliphatic rings. The van der Waals surface area contributed by atoms with Gasteiger partial charge >= 0.3 is 0 Å². The van der Waals surface area contributed by atoms with Gasteiger partial charge in [0.1, 0.15) is 0 Å². The van der Waals surface area contributed by atoms with Crippen molar-refractivity contribution in [2.75, 3.05) is 12.3 Å². The van der Waals surface area contributed by atoms with Crippen LogP contribution in [-0.4, -0.2) is 32.4 Å². The molecule has 1 unspecified atom stereocenters. The second kappa shape index (κ2) is 5.11. The molecule has 1 aromatic carbocycles. The Morgan fingerprint density at radius 2 is 2.19 bits per heavy atom. The third-order valence-electron chi connectivity index (χ3n) is 4.04. The number of aromatic nitrogens is 4. The fourth-order valence-electron chi connectivity index (χ4n) is 2.85. The molecule has 0 saturated carbocycles. The van der Waals surface area contributed by atoms with Crippen molar-refractivity contribution < 1.29 is 4.74 Å². The van der Waals surface area contributed by atoms with Gasteiger partial charge in [-0.05, 0) is 67.8 Å². The number of nitrogen functional groups attached to an aromatic ring is 1. The zero-order valence-corrected chi connectivity index (χ0v) is 12.7. The third kappa shape index (κ3) is 2.76. The van der Waals surface area contributed by atoms with E-state index in [-0.39, 0.29) is 11.6 Å². The van der Waals surface area contributed by atoms with Crippen LogP contribution in [0, 0.1) is 6.92 Å². The van der Waals surface area contributed by atoms with Crippen molar-refractivity contribution in [3.63, 3.8) is 0 Å². The maximum atomic E-state index is 5.88.